The molecule has 1 fully saturated rings. The van der Waals surface area contributed by atoms with Crippen LogP contribution in [0.5, 0.6) is 0 Å². The molecule has 160 valence electrons. The van der Waals surface area contributed by atoms with Gasteiger partial charge in [0.25, 0.3) is 0 Å². The minimum atomic E-state index is -0.878. The van der Waals surface area contributed by atoms with Gasteiger partial charge in [-0.25, -0.2) is 9.18 Å². The number of hydrogen-bond donors (Lipinski definition) is 1. The second kappa shape index (κ2) is 8.64. The molecule has 1 N–H and O–H groups in total. The minimum absolute atomic E-state index is 0.0437. The van der Waals surface area contributed by atoms with Crippen LogP contribution in [0.1, 0.15) is 41.8 Å². The standard InChI is InChI=1S/C27H28FNO2/c1-19-17-29(14-13-27(19,2)24-8-4-7-23(16-24)26(30)31)18-20-5-3-6-22(15-20)21-9-11-25(28)12-10-21/h3-12,15-16,19H,13-14,17-18H2,1-2H3,(H,30,31)/t19-,27+/m0/s1. The van der Waals surface area contributed by atoms with Crippen molar-refractivity contribution < 1.29 is 14.3 Å². The smallest absolute Gasteiger partial charge is 0.335 e. The van der Waals surface area contributed by atoms with Crippen LogP contribution in [0, 0.1) is 11.7 Å². The van der Waals surface area contributed by atoms with E-state index in [2.05, 4.69) is 49.1 Å². The molecular weight excluding hydrogens is 389 g/mol. The van der Waals surface area contributed by atoms with Crippen molar-refractivity contribution in [1.29, 1.82) is 0 Å². The van der Waals surface area contributed by atoms with Gasteiger partial charge >= 0.3 is 5.97 Å². The lowest BCUT2D eigenvalue weighted by molar-refractivity contribution is 0.0696. The first kappa shape index (κ1) is 21.3. The van der Waals surface area contributed by atoms with E-state index in [1.54, 1.807) is 6.07 Å². The molecular formula is C27H28FNO2. The summed E-state index contributed by atoms with van der Waals surface area (Å²) in [5, 5.41) is 9.36. The van der Waals surface area contributed by atoms with Gasteiger partial charge in [0.15, 0.2) is 0 Å². The third-order valence-corrected chi connectivity index (χ3v) is 6.85. The van der Waals surface area contributed by atoms with E-state index < -0.39 is 5.97 Å². The molecule has 3 aromatic carbocycles. The van der Waals surface area contributed by atoms with E-state index in [9.17, 15) is 14.3 Å². The minimum Gasteiger partial charge on any atom is -0.478 e. The largest absolute Gasteiger partial charge is 0.478 e. The van der Waals surface area contributed by atoms with Crippen LogP contribution in [0.2, 0.25) is 0 Å². The Kier molecular flexibility index (Phi) is 5.92. The number of piperidine rings is 1. The van der Waals surface area contributed by atoms with Crippen molar-refractivity contribution >= 4 is 5.97 Å². The van der Waals surface area contributed by atoms with Crippen LogP contribution in [-0.4, -0.2) is 29.1 Å². The molecule has 0 spiro atoms. The van der Waals surface area contributed by atoms with Gasteiger partial charge in [-0.2, -0.15) is 0 Å². The molecule has 3 nitrogen and oxygen atoms in total. The Labute approximate surface area is 183 Å². The van der Waals surface area contributed by atoms with Gasteiger partial charge in [-0.1, -0.05) is 56.3 Å². The van der Waals surface area contributed by atoms with E-state index in [0.29, 0.717) is 11.5 Å². The molecule has 3 aromatic rings. The monoisotopic (exact) mass is 417 g/mol. The second-order valence-corrected chi connectivity index (χ2v) is 8.90. The third kappa shape index (κ3) is 4.54. The summed E-state index contributed by atoms with van der Waals surface area (Å²) in [6.45, 7) is 7.29. The summed E-state index contributed by atoms with van der Waals surface area (Å²) in [6.07, 6.45) is 0.981. The number of carbonyl (C=O) groups is 1. The van der Waals surface area contributed by atoms with Crippen LogP contribution < -0.4 is 0 Å². The van der Waals surface area contributed by atoms with E-state index in [1.165, 1.54) is 17.7 Å². The van der Waals surface area contributed by atoms with E-state index in [0.717, 1.165) is 42.7 Å². The maximum Gasteiger partial charge on any atom is 0.335 e. The first-order valence-electron chi connectivity index (χ1n) is 10.8. The van der Waals surface area contributed by atoms with Gasteiger partial charge in [0.05, 0.1) is 5.56 Å². The number of benzene rings is 3. The number of carboxylic acid groups (broad SMARTS) is 1. The Morgan fingerprint density at radius 1 is 1.06 bits per heavy atom. The van der Waals surface area contributed by atoms with Crippen LogP contribution in [0.3, 0.4) is 0 Å². The van der Waals surface area contributed by atoms with Gasteiger partial charge in [-0.3, -0.25) is 4.90 Å². The van der Waals surface area contributed by atoms with E-state index >= 15 is 0 Å². The number of nitrogens with zero attached hydrogens (tertiary/aromatic N) is 1. The van der Waals surface area contributed by atoms with Crippen molar-refractivity contribution in [2.45, 2.75) is 32.2 Å². The Morgan fingerprint density at radius 2 is 1.81 bits per heavy atom. The lowest BCUT2D eigenvalue weighted by Gasteiger charge is -2.45. The zero-order valence-corrected chi connectivity index (χ0v) is 18.0. The van der Waals surface area contributed by atoms with E-state index in [-0.39, 0.29) is 11.2 Å². The third-order valence-electron chi connectivity index (χ3n) is 6.85. The van der Waals surface area contributed by atoms with Gasteiger partial charge in [0.1, 0.15) is 5.82 Å². The highest BCUT2D eigenvalue weighted by atomic mass is 19.1. The summed E-state index contributed by atoms with van der Waals surface area (Å²) >= 11 is 0. The van der Waals surface area contributed by atoms with Crippen molar-refractivity contribution in [2.75, 3.05) is 13.1 Å². The average molecular weight is 418 g/mol. The molecule has 1 aliphatic rings. The summed E-state index contributed by atoms with van der Waals surface area (Å²) in [5.41, 5.74) is 4.77. The van der Waals surface area contributed by atoms with Crippen molar-refractivity contribution in [2.24, 2.45) is 5.92 Å². The molecule has 1 saturated heterocycles. The zero-order valence-electron chi connectivity index (χ0n) is 18.0. The molecule has 0 bridgehead atoms. The van der Waals surface area contributed by atoms with Gasteiger partial charge in [-0.15, -0.1) is 0 Å². The van der Waals surface area contributed by atoms with Crippen LogP contribution in [-0.2, 0) is 12.0 Å². The first-order valence-corrected chi connectivity index (χ1v) is 10.8. The zero-order chi connectivity index (χ0) is 22.0. The van der Waals surface area contributed by atoms with Gasteiger partial charge < -0.3 is 5.11 Å². The summed E-state index contributed by atoms with van der Waals surface area (Å²) in [7, 11) is 0. The maximum atomic E-state index is 13.2. The van der Waals surface area contributed by atoms with Crippen LogP contribution in [0.4, 0.5) is 4.39 Å². The average Bonchev–Trinajstić information content (AvgIpc) is 2.77. The van der Waals surface area contributed by atoms with Gasteiger partial charge in [0.2, 0.25) is 0 Å². The predicted octanol–water partition coefficient (Wildman–Crippen LogP) is 5.99. The summed E-state index contributed by atoms with van der Waals surface area (Å²) in [5.74, 6) is -0.707. The Hall–Kier alpha value is -2.98. The molecule has 4 rings (SSSR count). The van der Waals surface area contributed by atoms with Crippen LogP contribution in [0.15, 0.2) is 72.8 Å². The van der Waals surface area contributed by atoms with Crippen LogP contribution in [0.25, 0.3) is 11.1 Å². The highest BCUT2D eigenvalue weighted by molar-refractivity contribution is 5.87. The second-order valence-electron chi connectivity index (χ2n) is 8.90. The molecule has 0 aromatic heterocycles. The number of carboxylic acids is 1. The molecule has 1 aliphatic heterocycles. The number of likely N-dealkylation sites (tertiary alicyclic amines) is 1. The number of rotatable bonds is 5. The quantitative estimate of drug-likeness (QED) is 0.554. The van der Waals surface area contributed by atoms with Crippen molar-refractivity contribution in [3.8, 4) is 11.1 Å². The lowest BCUT2D eigenvalue weighted by atomic mass is 9.68. The molecule has 2 atom stereocenters. The molecule has 0 amide bonds. The topological polar surface area (TPSA) is 40.5 Å². The predicted molar refractivity (Wildman–Crippen MR) is 122 cm³/mol. The van der Waals surface area contributed by atoms with Crippen molar-refractivity contribution in [3.05, 3.63) is 95.3 Å². The highest BCUT2D eigenvalue weighted by Gasteiger charge is 2.38. The number of hydrogen-bond acceptors (Lipinski definition) is 2. The molecule has 0 unspecified atom stereocenters. The maximum absolute atomic E-state index is 13.2. The number of halogens is 1. The fourth-order valence-corrected chi connectivity index (χ4v) is 4.65. The van der Waals surface area contributed by atoms with E-state index in [1.807, 2.05) is 24.3 Å². The number of aromatic carboxylic acids is 1. The first-order chi connectivity index (χ1) is 14.8. The molecule has 1 heterocycles. The summed E-state index contributed by atoms with van der Waals surface area (Å²) in [6, 6.07) is 22.5. The van der Waals surface area contributed by atoms with Gasteiger partial charge in [0, 0.05) is 13.1 Å². The SMILES string of the molecule is C[C@H]1CN(Cc2cccc(-c3ccc(F)cc3)c2)CC[C@@]1(C)c1cccc(C(=O)O)c1. The van der Waals surface area contributed by atoms with Gasteiger partial charge in [-0.05, 0) is 76.9 Å². The van der Waals surface area contributed by atoms with Crippen molar-refractivity contribution in [1.82, 2.24) is 4.90 Å². The Morgan fingerprint density at radius 3 is 2.52 bits per heavy atom. The van der Waals surface area contributed by atoms with Crippen LogP contribution >= 0.6 is 0 Å². The Balaban J connectivity index is 1.47. The molecule has 0 saturated carbocycles. The van der Waals surface area contributed by atoms with Crippen molar-refractivity contribution in [3.63, 3.8) is 0 Å². The molecule has 31 heavy (non-hydrogen) atoms. The fourth-order valence-electron chi connectivity index (χ4n) is 4.65. The molecule has 0 radical (unpaired) electrons. The fraction of sp³-hybridized carbons (Fsp3) is 0.296. The molecule has 0 aliphatic carbocycles. The lowest BCUT2D eigenvalue weighted by Crippen LogP contribution is -2.47. The normalized spacial score (nSPS) is 21.7. The summed E-state index contributed by atoms with van der Waals surface area (Å²) in [4.78, 5) is 13.9. The highest BCUT2D eigenvalue weighted by Crippen LogP contribution is 2.40. The van der Waals surface area contributed by atoms with E-state index in [4.69, 9.17) is 0 Å². The molecule has 4 heteroatoms. The Bertz CT molecular complexity index is 1080. The summed E-state index contributed by atoms with van der Waals surface area (Å²) < 4.78 is 13.2.